The zero-order valence-corrected chi connectivity index (χ0v) is 11.9. The molecule has 4 N–H and O–H groups in total. The molecule has 1 aliphatic carbocycles. The molecule has 18 heavy (non-hydrogen) atoms. The maximum Gasteiger partial charge on any atom is 0.222 e. The van der Waals surface area contributed by atoms with Gasteiger partial charge < -0.3 is 16.4 Å². The largest absolute Gasteiger partial charge is 0.342 e. The maximum atomic E-state index is 12.0. The third kappa shape index (κ3) is 2.41. The molecule has 1 saturated heterocycles. The van der Waals surface area contributed by atoms with Gasteiger partial charge in [0, 0.05) is 25.6 Å². The Morgan fingerprint density at radius 1 is 1.44 bits per heavy atom. The average molecular weight is 253 g/mol. The third-order valence-electron chi connectivity index (χ3n) is 5.02. The Balaban J connectivity index is 2.03. The maximum absolute atomic E-state index is 12.0. The van der Waals surface area contributed by atoms with Gasteiger partial charge in [0.15, 0.2) is 0 Å². The summed E-state index contributed by atoms with van der Waals surface area (Å²) in [5.41, 5.74) is 12.2. The van der Waals surface area contributed by atoms with Gasteiger partial charge in [0.05, 0.1) is 0 Å². The van der Waals surface area contributed by atoms with Crippen LogP contribution in [0.4, 0.5) is 0 Å². The molecular formula is C14H27N3O. The molecule has 4 heteroatoms. The van der Waals surface area contributed by atoms with E-state index in [2.05, 4.69) is 20.8 Å². The second kappa shape index (κ2) is 4.82. The standard InChI is InChI=1S/C14H27N3O/c1-9-5-14(2,3)11(13(9)16)8-17-7-10(6-15)4-12(17)18/h9-11,13H,4-8,15-16H2,1-3H3. The van der Waals surface area contributed by atoms with Crippen LogP contribution in [0.2, 0.25) is 0 Å². The lowest BCUT2D eigenvalue weighted by atomic mass is 9.80. The molecule has 0 bridgehead atoms. The summed E-state index contributed by atoms with van der Waals surface area (Å²) < 4.78 is 0. The van der Waals surface area contributed by atoms with Crippen molar-refractivity contribution in [1.29, 1.82) is 0 Å². The number of carbonyl (C=O) groups excluding carboxylic acids is 1. The van der Waals surface area contributed by atoms with Crippen LogP contribution in [0.1, 0.15) is 33.6 Å². The van der Waals surface area contributed by atoms with Gasteiger partial charge in [-0.25, -0.2) is 0 Å². The first-order valence-corrected chi connectivity index (χ1v) is 7.08. The van der Waals surface area contributed by atoms with E-state index in [0.29, 0.717) is 30.7 Å². The molecule has 2 rings (SSSR count). The van der Waals surface area contributed by atoms with Gasteiger partial charge in [-0.3, -0.25) is 4.79 Å². The molecule has 0 radical (unpaired) electrons. The molecule has 2 fully saturated rings. The van der Waals surface area contributed by atoms with Gasteiger partial charge in [0.1, 0.15) is 0 Å². The van der Waals surface area contributed by atoms with Crippen molar-refractivity contribution in [3.05, 3.63) is 0 Å². The van der Waals surface area contributed by atoms with Gasteiger partial charge in [-0.05, 0) is 36.1 Å². The van der Waals surface area contributed by atoms with Crippen molar-refractivity contribution in [2.24, 2.45) is 34.6 Å². The van der Waals surface area contributed by atoms with Crippen LogP contribution in [0.5, 0.6) is 0 Å². The number of likely N-dealkylation sites (tertiary alicyclic amines) is 1. The van der Waals surface area contributed by atoms with E-state index in [4.69, 9.17) is 11.5 Å². The molecule has 1 aliphatic heterocycles. The van der Waals surface area contributed by atoms with Crippen LogP contribution in [0.25, 0.3) is 0 Å². The molecule has 104 valence electrons. The van der Waals surface area contributed by atoms with Crippen molar-refractivity contribution in [3.63, 3.8) is 0 Å². The predicted molar refractivity (Wildman–Crippen MR) is 72.8 cm³/mol. The third-order valence-corrected chi connectivity index (χ3v) is 5.02. The lowest BCUT2D eigenvalue weighted by molar-refractivity contribution is -0.128. The highest BCUT2D eigenvalue weighted by Crippen LogP contribution is 2.45. The number of hydrogen-bond acceptors (Lipinski definition) is 3. The highest BCUT2D eigenvalue weighted by Gasteiger charge is 2.46. The van der Waals surface area contributed by atoms with Crippen molar-refractivity contribution >= 4 is 5.91 Å². The molecule has 1 amide bonds. The summed E-state index contributed by atoms with van der Waals surface area (Å²) in [7, 11) is 0. The van der Waals surface area contributed by atoms with E-state index in [1.165, 1.54) is 0 Å². The molecule has 2 aliphatic rings. The summed E-state index contributed by atoms with van der Waals surface area (Å²) in [4.78, 5) is 13.9. The average Bonchev–Trinajstić information content (AvgIpc) is 2.72. The molecule has 0 aromatic carbocycles. The number of nitrogens with zero attached hydrogens (tertiary/aromatic N) is 1. The van der Waals surface area contributed by atoms with Crippen LogP contribution >= 0.6 is 0 Å². The van der Waals surface area contributed by atoms with Crippen LogP contribution in [0, 0.1) is 23.2 Å². The van der Waals surface area contributed by atoms with Gasteiger partial charge in [-0.1, -0.05) is 20.8 Å². The van der Waals surface area contributed by atoms with E-state index in [-0.39, 0.29) is 17.4 Å². The monoisotopic (exact) mass is 253 g/mol. The Hall–Kier alpha value is -0.610. The molecule has 0 aromatic rings. The molecule has 4 atom stereocenters. The van der Waals surface area contributed by atoms with Crippen LogP contribution in [0.3, 0.4) is 0 Å². The highest BCUT2D eigenvalue weighted by molar-refractivity contribution is 5.78. The number of hydrogen-bond donors (Lipinski definition) is 2. The van der Waals surface area contributed by atoms with E-state index in [1.54, 1.807) is 0 Å². The van der Waals surface area contributed by atoms with Crippen LogP contribution in [0.15, 0.2) is 0 Å². The normalized spacial score (nSPS) is 39.6. The highest BCUT2D eigenvalue weighted by atomic mass is 16.2. The fourth-order valence-corrected chi connectivity index (χ4v) is 3.83. The molecule has 1 heterocycles. The van der Waals surface area contributed by atoms with E-state index in [1.807, 2.05) is 4.90 Å². The van der Waals surface area contributed by atoms with Crippen molar-refractivity contribution in [2.45, 2.75) is 39.7 Å². The SMILES string of the molecule is CC1CC(C)(C)C(CN2CC(CN)CC2=O)C1N. The Labute approximate surface area is 110 Å². The lowest BCUT2D eigenvalue weighted by Gasteiger charge is -2.33. The number of nitrogens with two attached hydrogens (primary N) is 2. The molecular weight excluding hydrogens is 226 g/mol. The van der Waals surface area contributed by atoms with Gasteiger partial charge in [-0.15, -0.1) is 0 Å². The van der Waals surface area contributed by atoms with E-state index in [9.17, 15) is 4.79 Å². The minimum Gasteiger partial charge on any atom is -0.342 e. The Morgan fingerprint density at radius 2 is 2.11 bits per heavy atom. The molecule has 4 nitrogen and oxygen atoms in total. The van der Waals surface area contributed by atoms with E-state index in [0.717, 1.165) is 19.5 Å². The van der Waals surface area contributed by atoms with E-state index >= 15 is 0 Å². The van der Waals surface area contributed by atoms with Crippen LogP contribution < -0.4 is 11.5 Å². The Morgan fingerprint density at radius 3 is 2.56 bits per heavy atom. The minimum atomic E-state index is 0.213. The summed E-state index contributed by atoms with van der Waals surface area (Å²) in [6, 6.07) is 0.213. The van der Waals surface area contributed by atoms with E-state index < -0.39 is 0 Å². The predicted octanol–water partition coefficient (Wildman–Crippen LogP) is 0.803. The lowest BCUT2D eigenvalue weighted by Crippen LogP contribution is -2.43. The van der Waals surface area contributed by atoms with Gasteiger partial charge in [-0.2, -0.15) is 0 Å². The summed E-state index contributed by atoms with van der Waals surface area (Å²) >= 11 is 0. The summed E-state index contributed by atoms with van der Waals surface area (Å²) in [6.07, 6.45) is 1.77. The quantitative estimate of drug-likeness (QED) is 0.781. The molecule has 1 saturated carbocycles. The van der Waals surface area contributed by atoms with Crippen molar-refractivity contribution in [2.75, 3.05) is 19.6 Å². The van der Waals surface area contributed by atoms with Crippen molar-refractivity contribution in [1.82, 2.24) is 4.90 Å². The Bertz CT molecular complexity index is 329. The first kappa shape index (κ1) is 13.8. The molecule has 0 spiro atoms. The van der Waals surface area contributed by atoms with Gasteiger partial charge in [0.25, 0.3) is 0 Å². The fourth-order valence-electron chi connectivity index (χ4n) is 3.83. The van der Waals surface area contributed by atoms with Crippen LogP contribution in [-0.4, -0.2) is 36.5 Å². The first-order chi connectivity index (χ1) is 8.35. The zero-order valence-electron chi connectivity index (χ0n) is 11.9. The zero-order chi connectivity index (χ0) is 13.5. The number of amides is 1. The minimum absolute atomic E-state index is 0.213. The summed E-state index contributed by atoms with van der Waals surface area (Å²) in [5, 5.41) is 0. The second-order valence-corrected chi connectivity index (χ2v) is 6.96. The smallest absolute Gasteiger partial charge is 0.222 e. The van der Waals surface area contributed by atoms with Gasteiger partial charge in [0.2, 0.25) is 5.91 Å². The van der Waals surface area contributed by atoms with Crippen LogP contribution in [-0.2, 0) is 4.79 Å². The topological polar surface area (TPSA) is 72.3 Å². The Kier molecular flexibility index (Phi) is 3.70. The van der Waals surface area contributed by atoms with Crippen molar-refractivity contribution in [3.8, 4) is 0 Å². The molecule has 4 unspecified atom stereocenters. The van der Waals surface area contributed by atoms with Gasteiger partial charge >= 0.3 is 0 Å². The number of rotatable bonds is 3. The van der Waals surface area contributed by atoms with Crippen molar-refractivity contribution < 1.29 is 4.79 Å². The fraction of sp³-hybridized carbons (Fsp3) is 0.929. The summed E-state index contributed by atoms with van der Waals surface area (Å²) in [5.74, 6) is 1.56. The second-order valence-electron chi connectivity index (χ2n) is 6.96. The molecule has 0 aromatic heterocycles. The number of carbonyl (C=O) groups is 1. The first-order valence-electron chi connectivity index (χ1n) is 7.08. The summed E-state index contributed by atoms with van der Waals surface area (Å²) in [6.45, 7) is 9.03.